The van der Waals surface area contributed by atoms with Gasteiger partial charge in [-0.1, -0.05) is 115 Å². The molecule has 0 amide bonds. The molecular formula is C53H40N2. The molecule has 2 atom stereocenters. The van der Waals surface area contributed by atoms with Crippen LogP contribution in [0.3, 0.4) is 0 Å². The van der Waals surface area contributed by atoms with E-state index in [1.54, 1.807) is 0 Å². The lowest BCUT2D eigenvalue weighted by Gasteiger charge is -2.18. The van der Waals surface area contributed by atoms with Crippen molar-refractivity contribution >= 4 is 76.6 Å². The maximum absolute atomic E-state index is 2.61. The van der Waals surface area contributed by atoms with Crippen molar-refractivity contribution in [3.63, 3.8) is 0 Å². The van der Waals surface area contributed by atoms with Crippen LogP contribution >= 0.6 is 0 Å². The van der Waals surface area contributed by atoms with Crippen LogP contribution in [0.25, 0.3) is 93.4 Å². The molecule has 1 fully saturated rings. The molecule has 2 aliphatic rings. The summed E-state index contributed by atoms with van der Waals surface area (Å²) in [6, 6.07) is 52.9. The highest BCUT2D eigenvalue weighted by molar-refractivity contribution is 6.23. The Kier molecular flexibility index (Phi) is 6.12. The molecule has 10 aromatic rings. The molecule has 0 radical (unpaired) electrons. The van der Waals surface area contributed by atoms with Gasteiger partial charge >= 0.3 is 0 Å². The first kappa shape index (κ1) is 31.0. The van der Waals surface area contributed by atoms with Crippen LogP contribution in [0.1, 0.15) is 47.2 Å². The summed E-state index contributed by atoms with van der Waals surface area (Å²) in [7, 11) is 0. The average Bonchev–Trinajstić information content (AvgIpc) is 3.64. The van der Waals surface area contributed by atoms with Crippen molar-refractivity contribution in [3.8, 4) is 16.8 Å². The number of rotatable bonds is 2. The van der Waals surface area contributed by atoms with Crippen molar-refractivity contribution in [2.45, 2.75) is 40.0 Å². The van der Waals surface area contributed by atoms with Gasteiger partial charge in [-0.3, -0.25) is 0 Å². The predicted octanol–water partition coefficient (Wildman–Crippen LogP) is 14.3. The van der Waals surface area contributed by atoms with Crippen LogP contribution in [-0.4, -0.2) is 8.97 Å². The van der Waals surface area contributed by atoms with Crippen LogP contribution in [-0.2, 0) is 0 Å². The number of hydrogen-bond acceptors (Lipinski definition) is 0. The zero-order chi connectivity index (χ0) is 36.7. The van der Waals surface area contributed by atoms with E-state index in [-0.39, 0.29) is 5.41 Å². The Morgan fingerprint density at radius 1 is 0.527 bits per heavy atom. The molecule has 0 aliphatic heterocycles. The molecule has 3 aromatic heterocycles. The summed E-state index contributed by atoms with van der Waals surface area (Å²) < 4.78 is 5.13. The van der Waals surface area contributed by atoms with Crippen LogP contribution < -0.4 is 0 Å². The van der Waals surface area contributed by atoms with Crippen molar-refractivity contribution in [3.05, 3.63) is 174 Å². The lowest BCUT2D eigenvalue weighted by molar-refractivity contribution is 0.706. The van der Waals surface area contributed by atoms with E-state index in [1.807, 2.05) is 0 Å². The zero-order valence-electron chi connectivity index (χ0n) is 31.6. The van der Waals surface area contributed by atoms with Gasteiger partial charge in [0.2, 0.25) is 0 Å². The fourth-order valence-electron chi connectivity index (χ4n) is 10.4. The van der Waals surface area contributed by atoms with Crippen LogP contribution in [0.5, 0.6) is 0 Å². The molecule has 2 aliphatic carbocycles. The zero-order valence-corrected chi connectivity index (χ0v) is 31.6. The minimum Gasteiger partial charge on any atom is -0.309 e. The maximum atomic E-state index is 2.61. The third kappa shape index (κ3) is 4.20. The molecule has 55 heavy (non-hydrogen) atoms. The summed E-state index contributed by atoms with van der Waals surface area (Å²) in [5.74, 6) is 0.497. The smallest absolute Gasteiger partial charge is 0.0617 e. The lowest BCUT2D eigenvalue weighted by Crippen LogP contribution is -2.00. The van der Waals surface area contributed by atoms with Crippen LogP contribution in [0.4, 0.5) is 0 Å². The van der Waals surface area contributed by atoms with E-state index in [0.29, 0.717) is 5.92 Å². The fraction of sp³-hybridized carbons (Fsp3) is 0.132. The van der Waals surface area contributed by atoms with Gasteiger partial charge in [-0.2, -0.15) is 0 Å². The quantitative estimate of drug-likeness (QED) is 0.169. The summed E-state index contributed by atoms with van der Waals surface area (Å²) in [5.41, 5.74) is 15.7. The fourth-order valence-corrected chi connectivity index (χ4v) is 10.4. The predicted molar refractivity (Wildman–Crippen MR) is 235 cm³/mol. The normalized spacial score (nSPS) is 17.6. The van der Waals surface area contributed by atoms with Crippen LogP contribution in [0.15, 0.2) is 146 Å². The molecule has 2 unspecified atom stereocenters. The first-order valence-corrected chi connectivity index (χ1v) is 19.7. The van der Waals surface area contributed by atoms with Gasteiger partial charge in [-0.05, 0) is 131 Å². The topological polar surface area (TPSA) is 9.34 Å². The van der Waals surface area contributed by atoms with Crippen LogP contribution in [0, 0.1) is 26.2 Å². The second-order valence-electron chi connectivity index (χ2n) is 16.6. The van der Waals surface area contributed by atoms with E-state index in [9.17, 15) is 0 Å². The number of allylic oxidation sites excluding steroid dienone is 1. The molecular weight excluding hydrogens is 665 g/mol. The third-order valence-corrected chi connectivity index (χ3v) is 13.1. The molecule has 0 saturated heterocycles. The summed E-state index contributed by atoms with van der Waals surface area (Å²) >= 11 is 0. The molecule has 0 bridgehead atoms. The van der Waals surface area contributed by atoms with Gasteiger partial charge in [0.15, 0.2) is 0 Å². The Morgan fingerprint density at radius 2 is 1.11 bits per heavy atom. The largest absolute Gasteiger partial charge is 0.309 e. The molecule has 1 saturated carbocycles. The standard InChI is InChI=1S/C53H40N2/c1-31-20-22-46-40(26-31)41-27-32(2)21-23-47(41)54(46)48-19-11-12-33(3)50(48)34-28-42-38-16-8-6-14-36(38)35-13-5-7-15-37(35)39-17-9-10-18-45(39)55-49-24-25-53(4)30-44(53)51(49)43(29-34)52(42)55/h5-29,44H,30H2,1-4H3. The summed E-state index contributed by atoms with van der Waals surface area (Å²) in [6.07, 6.45) is 6.12. The monoisotopic (exact) mass is 704 g/mol. The first-order valence-electron chi connectivity index (χ1n) is 19.7. The number of hydrogen-bond donors (Lipinski definition) is 0. The number of para-hydroxylation sites is 1. The Balaban J connectivity index is 1.31. The number of aryl methyl sites for hydroxylation is 3. The van der Waals surface area contributed by atoms with E-state index >= 15 is 0 Å². The molecule has 3 heterocycles. The van der Waals surface area contributed by atoms with Gasteiger partial charge in [0.1, 0.15) is 0 Å². The van der Waals surface area contributed by atoms with Gasteiger partial charge in [-0.15, -0.1) is 0 Å². The van der Waals surface area contributed by atoms with E-state index < -0.39 is 0 Å². The van der Waals surface area contributed by atoms with Crippen molar-refractivity contribution in [2.75, 3.05) is 0 Å². The van der Waals surface area contributed by atoms with Crippen LogP contribution in [0.2, 0.25) is 0 Å². The van der Waals surface area contributed by atoms with Crippen molar-refractivity contribution in [2.24, 2.45) is 5.41 Å². The summed E-state index contributed by atoms with van der Waals surface area (Å²) in [5, 5.41) is 11.6. The second kappa shape index (κ2) is 10.9. The van der Waals surface area contributed by atoms with Gasteiger partial charge in [-0.25, -0.2) is 0 Å². The van der Waals surface area contributed by atoms with Crippen molar-refractivity contribution < 1.29 is 0 Å². The average molecular weight is 705 g/mol. The minimum atomic E-state index is 0.205. The highest BCUT2D eigenvalue weighted by atomic mass is 15.0. The highest BCUT2D eigenvalue weighted by Gasteiger charge is 2.52. The van der Waals surface area contributed by atoms with E-state index in [2.05, 4.69) is 188 Å². The SMILES string of the molecule is Cc1ccc2c(c1)c1cc(C)ccc1n2-c1cccc(C)c1-c1cc2c3c(n4c5ccccc5c5ccccc5c5ccccc5c(c1)c24)C=CC1(C)CC31. The lowest BCUT2D eigenvalue weighted by atomic mass is 9.90. The number of aromatic nitrogens is 2. The first-order chi connectivity index (χ1) is 26.9. The molecule has 12 rings (SSSR count). The van der Waals surface area contributed by atoms with E-state index in [0.717, 1.165) is 0 Å². The maximum Gasteiger partial charge on any atom is 0.0617 e. The third-order valence-electron chi connectivity index (χ3n) is 13.1. The molecule has 262 valence electrons. The minimum absolute atomic E-state index is 0.205. The Labute approximate surface area is 320 Å². The highest BCUT2D eigenvalue weighted by Crippen LogP contribution is 2.65. The van der Waals surface area contributed by atoms with Gasteiger partial charge in [0, 0.05) is 32.5 Å². The molecule has 7 aromatic carbocycles. The van der Waals surface area contributed by atoms with E-state index in [4.69, 9.17) is 0 Å². The Morgan fingerprint density at radius 3 is 1.78 bits per heavy atom. The summed E-state index contributed by atoms with van der Waals surface area (Å²) in [4.78, 5) is 0. The Hall–Kier alpha value is -6.38. The van der Waals surface area contributed by atoms with Gasteiger partial charge in [0.25, 0.3) is 0 Å². The van der Waals surface area contributed by atoms with Crippen molar-refractivity contribution in [1.29, 1.82) is 0 Å². The Bertz CT molecular complexity index is 3350. The number of benzene rings is 7. The van der Waals surface area contributed by atoms with Gasteiger partial charge in [0.05, 0.1) is 33.4 Å². The molecule has 0 spiro atoms. The summed E-state index contributed by atoms with van der Waals surface area (Å²) in [6.45, 7) is 9.14. The molecule has 2 heteroatoms. The molecule has 2 nitrogen and oxygen atoms in total. The van der Waals surface area contributed by atoms with Gasteiger partial charge < -0.3 is 8.97 Å². The number of nitrogens with zero attached hydrogens (tertiary/aromatic N) is 2. The van der Waals surface area contributed by atoms with Crippen molar-refractivity contribution in [1.82, 2.24) is 8.97 Å². The second-order valence-corrected chi connectivity index (χ2v) is 16.6. The number of fused-ring (bicyclic) bond motifs is 15. The molecule has 0 N–H and O–H groups in total. The van der Waals surface area contributed by atoms with E-state index in [1.165, 1.54) is 122 Å².